The first-order valence-electron chi connectivity index (χ1n) is 3.26. The highest BCUT2D eigenvalue weighted by atomic mass is 16.5. The second-order valence-corrected chi connectivity index (χ2v) is 1.50. The van der Waals surface area contributed by atoms with Crippen molar-refractivity contribution < 1.29 is 19.4 Å². The summed E-state index contributed by atoms with van der Waals surface area (Å²) in [6, 6.07) is 0. The van der Waals surface area contributed by atoms with Gasteiger partial charge in [-0.2, -0.15) is 0 Å². The zero-order chi connectivity index (χ0) is 9.82. The van der Waals surface area contributed by atoms with Crippen molar-refractivity contribution >= 4 is 5.97 Å². The summed E-state index contributed by atoms with van der Waals surface area (Å²) in [5.74, 6) is -0.501. The van der Waals surface area contributed by atoms with E-state index in [-0.39, 0.29) is 13.2 Å². The van der Waals surface area contributed by atoms with Crippen molar-refractivity contribution in [1.29, 1.82) is 0 Å². The Balaban J connectivity index is 0. The first-order chi connectivity index (χ1) is 5.72. The molecule has 0 heterocycles. The van der Waals surface area contributed by atoms with Crippen molar-refractivity contribution in [2.75, 3.05) is 20.3 Å². The van der Waals surface area contributed by atoms with Crippen molar-refractivity contribution in [2.24, 2.45) is 0 Å². The second-order valence-electron chi connectivity index (χ2n) is 1.50. The van der Waals surface area contributed by atoms with Crippen molar-refractivity contribution in [3.63, 3.8) is 0 Å². The summed E-state index contributed by atoms with van der Waals surface area (Å²) < 4.78 is 8.64. The maximum absolute atomic E-state index is 10.1. The van der Waals surface area contributed by atoms with Gasteiger partial charge in [-0.15, -0.1) is 0 Å². The zero-order valence-corrected chi connectivity index (χ0v) is 7.16. The van der Waals surface area contributed by atoms with E-state index in [0.717, 1.165) is 6.08 Å². The molecule has 0 unspecified atom stereocenters. The number of ether oxygens (including phenoxy) is 2. The zero-order valence-electron chi connectivity index (χ0n) is 7.16. The van der Waals surface area contributed by atoms with Crippen LogP contribution >= 0.6 is 0 Å². The molecule has 0 aromatic rings. The molecule has 0 aliphatic carbocycles. The molecule has 4 nitrogen and oxygen atoms in total. The Labute approximate surface area is 72.1 Å². The number of carbonyl (C=O) groups is 1. The minimum atomic E-state index is -0.501. The molecule has 0 atom stereocenters. The van der Waals surface area contributed by atoms with E-state index in [1.165, 1.54) is 6.26 Å². The van der Waals surface area contributed by atoms with Crippen LogP contribution in [0.15, 0.2) is 25.5 Å². The highest BCUT2D eigenvalue weighted by Crippen LogP contribution is 1.75. The number of carbonyl (C=O) groups excluding carboxylic acids is 1. The summed E-state index contributed by atoms with van der Waals surface area (Å²) in [5, 5.41) is 8.10. The molecule has 4 heteroatoms. The molecule has 0 bridgehead atoms. The van der Waals surface area contributed by atoms with E-state index >= 15 is 0 Å². The van der Waals surface area contributed by atoms with Crippen molar-refractivity contribution in [3.05, 3.63) is 25.5 Å². The van der Waals surface area contributed by atoms with Crippen molar-refractivity contribution in [3.8, 4) is 0 Å². The molecule has 0 fully saturated rings. The maximum Gasteiger partial charge on any atom is 0.330 e. The van der Waals surface area contributed by atoms with Gasteiger partial charge in [0.15, 0.2) is 0 Å². The Morgan fingerprint density at radius 1 is 1.58 bits per heavy atom. The van der Waals surface area contributed by atoms with Gasteiger partial charge in [0.25, 0.3) is 0 Å². The van der Waals surface area contributed by atoms with Crippen LogP contribution in [-0.2, 0) is 14.3 Å². The van der Waals surface area contributed by atoms with Crippen LogP contribution in [0.4, 0.5) is 0 Å². The fraction of sp³-hybridized carbons (Fsp3) is 0.375. The molecule has 0 aromatic carbocycles. The second kappa shape index (κ2) is 12.4. The molecule has 0 saturated carbocycles. The van der Waals surface area contributed by atoms with Gasteiger partial charge in [-0.25, -0.2) is 4.79 Å². The van der Waals surface area contributed by atoms with Crippen LogP contribution in [0, 0.1) is 0 Å². The fourth-order valence-electron chi connectivity index (χ4n) is 0.205. The highest BCUT2D eigenvalue weighted by molar-refractivity contribution is 5.81. The maximum atomic E-state index is 10.1. The van der Waals surface area contributed by atoms with Crippen LogP contribution in [0.1, 0.15) is 0 Å². The molecule has 0 aliphatic heterocycles. The van der Waals surface area contributed by atoms with Gasteiger partial charge in [-0.3, -0.25) is 0 Å². The van der Waals surface area contributed by atoms with E-state index in [2.05, 4.69) is 22.6 Å². The van der Waals surface area contributed by atoms with E-state index in [0.29, 0.717) is 0 Å². The molecular formula is C8H14O4. The standard InChI is InChI=1S/C5H8O3.C3H6O/c1-2-5(7)8-4-3-6;1-3-4-2/h2,6H,1,3-4H2;3H,1H2,2H3. The SMILES string of the molecule is C=CC(=O)OCCO.C=COC. The molecule has 0 aliphatic rings. The molecule has 1 N–H and O–H groups in total. The fourth-order valence-corrected chi connectivity index (χ4v) is 0.205. The lowest BCUT2D eigenvalue weighted by Crippen LogP contribution is -2.04. The number of methoxy groups -OCH3 is 1. The minimum Gasteiger partial charge on any atom is -0.505 e. The molecule has 0 radical (unpaired) electrons. The average molecular weight is 174 g/mol. The molecule has 0 aromatic heterocycles. The molecule has 0 saturated heterocycles. The summed E-state index contributed by atoms with van der Waals surface area (Å²) in [7, 11) is 1.56. The predicted octanol–water partition coefficient (Wildman–Crippen LogP) is 0.484. The van der Waals surface area contributed by atoms with Crippen LogP contribution in [0.3, 0.4) is 0 Å². The minimum absolute atomic E-state index is 0.0465. The molecule has 0 amide bonds. The van der Waals surface area contributed by atoms with E-state index < -0.39 is 5.97 Å². The van der Waals surface area contributed by atoms with Gasteiger partial charge in [0, 0.05) is 6.08 Å². The number of esters is 1. The summed E-state index contributed by atoms with van der Waals surface area (Å²) in [6.45, 7) is 6.32. The number of hydrogen-bond donors (Lipinski definition) is 1. The Hall–Kier alpha value is -1.29. The highest BCUT2D eigenvalue weighted by Gasteiger charge is 1.90. The number of aliphatic hydroxyl groups excluding tert-OH is 1. The third-order valence-corrected chi connectivity index (χ3v) is 0.669. The summed E-state index contributed by atoms with van der Waals surface area (Å²) in [6.07, 6.45) is 2.43. The molecule has 70 valence electrons. The lowest BCUT2D eigenvalue weighted by molar-refractivity contribution is -0.138. The first-order valence-corrected chi connectivity index (χ1v) is 3.26. The van der Waals surface area contributed by atoms with Gasteiger partial charge in [0.1, 0.15) is 6.61 Å². The van der Waals surface area contributed by atoms with Gasteiger partial charge >= 0.3 is 5.97 Å². The predicted molar refractivity (Wildman–Crippen MR) is 45.4 cm³/mol. The number of hydrogen-bond acceptors (Lipinski definition) is 4. The monoisotopic (exact) mass is 174 g/mol. The third kappa shape index (κ3) is 15.9. The van der Waals surface area contributed by atoms with E-state index in [9.17, 15) is 4.79 Å². The quantitative estimate of drug-likeness (QED) is 0.382. The van der Waals surface area contributed by atoms with Gasteiger partial charge in [0.2, 0.25) is 0 Å². The summed E-state index contributed by atoms with van der Waals surface area (Å²) >= 11 is 0. The molecule has 0 rings (SSSR count). The lowest BCUT2D eigenvalue weighted by atomic mass is 10.6. The van der Waals surface area contributed by atoms with Crippen molar-refractivity contribution in [2.45, 2.75) is 0 Å². The van der Waals surface area contributed by atoms with Gasteiger partial charge < -0.3 is 14.6 Å². The number of aliphatic hydroxyl groups is 1. The van der Waals surface area contributed by atoms with Crippen LogP contribution < -0.4 is 0 Å². The van der Waals surface area contributed by atoms with Crippen LogP contribution in [0.2, 0.25) is 0 Å². The first kappa shape index (κ1) is 13.3. The number of rotatable bonds is 4. The Morgan fingerprint density at radius 3 is 2.33 bits per heavy atom. The van der Waals surface area contributed by atoms with Crippen molar-refractivity contribution in [1.82, 2.24) is 0 Å². The van der Waals surface area contributed by atoms with Crippen LogP contribution in [0.5, 0.6) is 0 Å². The summed E-state index contributed by atoms with van der Waals surface area (Å²) in [5.41, 5.74) is 0. The molecule has 0 spiro atoms. The van der Waals surface area contributed by atoms with Gasteiger partial charge in [-0.1, -0.05) is 13.2 Å². The van der Waals surface area contributed by atoms with Gasteiger partial charge in [0.05, 0.1) is 20.0 Å². The molecule has 12 heavy (non-hydrogen) atoms. The van der Waals surface area contributed by atoms with Gasteiger partial charge in [-0.05, 0) is 0 Å². The Kier molecular flexibility index (Phi) is 13.7. The Bertz CT molecular complexity index is 131. The van der Waals surface area contributed by atoms with E-state index in [1.807, 2.05) is 0 Å². The lowest BCUT2D eigenvalue weighted by Gasteiger charge is -1.94. The smallest absolute Gasteiger partial charge is 0.330 e. The van der Waals surface area contributed by atoms with E-state index in [4.69, 9.17) is 5.11 Å². The van der Waals surface area contributed by atoms with E-state index in [1.54, 1.807) is 7.11 Å². The summed E-state index contributed by atoms with van der Waals surface area (Å²) in [4.78, 5) is 10.1. The van der Waals surface area contributed by atoms with Crippen LogP contribution in [0.25, 0.3) is 0 Å². The topological polar surface area (TPSA) is 55.8 Å². The van der Waals surface area contributed by atoms with Crippen LogP contribution in [-0.4, -0.2) is 31.4 Å². The average Bonchev–Trinajstić information content (AvgIpc) is 2.14. The third-order valence-electron chi connectivity index (χ3n) is 0.669. The molecular weight excluding hydrogens is 160 g/mol. The Morgan fingerprint density at radius 2 is 2.08 bits per heavy atom. The normalized spacial score (nSPS) is 7.17. The largest absolute Gasteiger partial charge is 0.505 e.